The number of aliphatic hydroxyl groups is 1. The van der Waals surface area contributed by atoms with E-state index in [4.69, 9.17) is 20.3 Å². The van der Waals surface area contributed by atoms with Gasteiger partial charge in [0.25, 0.3) is 0 Å². The Bertz CT molecular complexity index is 315. The molecule has 1 rings (SSSR count). The molecule has 84 valence electrons. The number of ether oxygens (including phenoxy) is 2. The lowest BCUT2D eigenvalue weighted by molar-refractivity contribution is 0.182. The Balaban J connectivity index is 3.03. The van der Waals surface area contributed by atoms with Gasteiger partial charge in [0.2, 0.25) is 0 Å². The van der Waals surface area contributed by atoms with E-state index in [2.05, 4.69) is 0 Å². The fraction of sp³-hybridized carbons (Fsp3) is 0.455. The molecule has 0 aromatic heterocycles. The number of benzene rings is 1. The van der Waals surface area contributed by atoms with E-state index in [1.807, 2.05) is 18.2 Å². The van der Waals surface area contributed by atoms with Gasteiger partial charge in [0.05, 0.1) is 26.4 Å². The Morgan fingerprint density at radius 1 is 1.40 bits per heavy atom. The first-order valence-electron chi connectivity index (χ1n) is 4.75. The minimum atomic E-state index is -0.374. The Labute approximate surface area is 89.6 Å². The fourth-order valence-corrected chi connectivity index (χ4v) is 1.45. The van der Waals surface area contributed by atoms with E-state index in [9.17, 15) is 0 Å². The van der Waals surface area contributed by atoms with Gasteiger partial charge in [0.15, 0.2) is 0 Å². The molecule has 15 heavy (non-hydrogen) atoms. The lowest BCUT2D eigenvalue weighted by atomic mass is 10.0. The number of hydrogen-bond acceptors (Lipinski definition) is 4. The molecular formula is C11H17NO3. The van der Waals surface area contributed by atoms with Crippen molar-refractivity contribution in [2.75, 3.05) is 20.8 Å². The molecule has 0 aliphatic rings. The van der Waals surface area contributed by atoms with E-state index in [-0.39, 0.29) is 12.6 Å². The normalized spacial score (nSPS) is 12.5. The van der Waals surface area contributed by atoms with Crippen molar-refractivity contribution in [3.8, 4) is 5.75 Å². The molecule has 0 aliphatic heterocycles. The number of aliphatic hydroxyl groups excluding tert-OH is 1. The smallest absolute Gasteiger partial charge is 0.119 e. The summed E-state index contributed by atoms with van der Waals surface area (Å²) in [6, 6.07) is 5.17. The molecule has 0 fully saturated rings. The molecule has 0 spiro atoms. The molecule has 4 heteroatoms. The van der Waals surface area contributed by atoms with E-state index in [0.29, 0.717) is 6.61 Å². The first-order valence-corrected chi connectivity index (χ1v) is 4.75. The average molecular weight is 211 g/mol. The highest BCUT2D eigenvalue weighted by molar-refractivity contribution is 5.37. The SMILES string of the molecule is COCc1cc(OC)ccc1C(N)CO. The summed E-state index contributed by atoms with van der Waals surface area (Å²) in [5.74, 6) is 0.760. The van der Waals surface area contributed by atoms with Crippen LogP contribution in [0.15, 0.2) is 18.2 Å². The van der Waals surface area contributed by atoms with Crippen molar-refractivity contribution >= 4 is 0 Å². The van der Waals surface area contributed by atoms with E-state index < -0.39 is 0 Å². The largest absolute Gasteiger partial charge is 0.497 e. The maximum Gasteiger partial charge on any atom is 0.119 e. The Morgan fingerprint density at radius 2 is 2.13 bits per heavy atom. The van der Waals surface area contributed by atoms with Crippen molar-refractivity contribution < 1.29 is 14.6 Å². The molecule has 1 aromatic rings. The second kappa shape index (κ2) is 5.70. The molecule has 4 nitrogen and oxygen atoms in total. The van der Waals surface area contributed by atoms with Crippen LogP contribution in [0.4, 0.5) is 0 Å². The summed E-state index contributed by atoms with van der Waals surface area (Å²) in [6.07, 6.45) is 0. The molecule has 0 heterocycles. The minimum Gasteiger partial charge on any atom is -0.497 e. The maximum atomic E-state index is 9.01. The Hall–Kier alpha value is -1.10. The zero-order chi connectivity index (χ0) is 11.3. The topological polar surface area (TPSA) is 64.7 Å². The standard InChI is InChI=1S/C11H17NO3/c1-14-7-8-5-9(15-2)3-4-10(8)11(12)6-13/h3-5,11,13H,6-7,12H2,1-2H3. The summed E-state index contributed by atoms with van der Waals surface area (Å²) < 4.78 is 10.2. The molecule has 0 radical (unpaired) electrons. The zero-order valence-electron chi connectivity index (χ0n) is 9.06. The minimum absolute atomic E-state index is 0.0803. The Kier molecular flexibility index (Phi) is 4.55. The molecule has 1 aromatic carbocycles. The molecule has 0 aliphatic carbocycles. The fourth-order valence-electron chi connectivity index (χ4n) is 1.45. The molecule has 0 bridgehead atoms. The summed E-state index contributed by atoms with van der Waals surface area (Å²) in [6.45, 7) is 0.378. The van der Waals surface area contributed by atoms with Crippen molar-refractivity contribution in [2.45, 2.75) is 12.6 Å². The zero-order valence-corrected chi connectivity index (χ0v) is 9.06. The number of hydrogen-bond donors (Lipinski definition) is 2. The van der Waals surface area contributed by atoms with Gasteiger partial charge in [-0.1, -0.05) is 6.07 Å². The molecule has 0 amide bonds. The summed E-state index contributed by atoms with van der Waals surface area (Å²) in [5, 5.41) is 9.01. The van der Waals surface area contributed by atoms with Crippen molar-refractivity contribution in [3.63, 3.8) is 0 Å². The quantitative estimate of drug-likeness (QED) is 0.757. The van der Waals surface area contributed by atoms with Crippen LogP contribution in [0.2, 0.25) is 0 Å². The van der Waals surface area contributed by atoms with Gasteiger partial charge in [-0.05, 0) is 23.3 Å². The molecule has 1 unspecified atom stereocenters. The van der Waals surface area contributed by atoms with Gasteiger partial charge in [-0.25, -0.2) is 0 Å². The highest BCUT2D eigenvalue weighted by Gasteiger charge is 2.10. The van der Waals surface area contributed by atoms with Gasteiger partial charge >= 0.3 is 0 Å². The number of rotatable bonds is 5. The number of methoxy groups -OCH3 is 2. The van der Waals surface area contributed by atoms with Crippen molar-refractivity contribution in [1.82, 2.24) is 0 Å². The van der Waals surface area contributed by atoms with Gasteiger partial charge in [-0.15, -0.1) is 0 Å². The average Bonchev–Trinajstić information content (AvgIpc) is 2.28. The Morgan fingerprint density at radius 3 is 2.67 bits per heavy atom. The highest BCUT2D eigenvalue weighted by atomic mass is 16.5. The molecule has 0 saturated carbocycles. The summed E-state index contributed by atoms with van der Waals surface area (Å²) in [5.41, 5.74) is 7.60. The van der Waals surface area contributed by atoms with E-state index in [1.54, 1.807) is 14.2 Å². The van der Waals surface area contributed by atoms with Gasteiger partial charge in [-0.2, -0.15) is 0 Å². The van der Waals surface area contributed by atoms with E-state index in [0.717, 1.165) is 16.9 Å². The maximum absolute atomic E-state index is 9.01. The van der Waals surface area contributed by atoms with Crippen LogP contribution in [-0.2, 0) is 11.3 Å². The second-order valence-corrected chi connectivity index (χ2v) is 3.29. The highest BCUT2D eigenvalue weighted by Crippen LogP contribution is 2.22. The third kappa shape index (κ3) is 2.92. The summed E-state index contributed by atoms with van der Waals surface area (Å²) in [7, 11) is 3.23. The van der Waals surface area contributed by atoms with Crippen molar-refractivity contribution in [1.29, 1.82) is 0 Å². The molecule has 1 atom stereocenters. The predicted molar refractivity (Wildman–Crippen MR) is 57.7 cm³/mol. The summed E-state index contributed by atoms with van der Waals surface area (Å²) >= 11 is 0. The van der Waals surface area contributed by atoms with Crippen LogP contribution in [-0.4, -0.2) is 25.9 Å². The van der Waals surface area contributed by atoms with Crippen LogP contribution < -0.4 is 10.5 Å². The number of nitrogens with two attached hydrogens (primary N) is 1. The molecule has 3 N–H and O–H groups in total. The van der Waals surface area contributed by atoms with E-state index in [1.165, 1.54) is 0 Å². The van der Waals surface area contributed by atoms with Gasteiger partial charge in [0, 0.05) is 7.11 Å². The first kappa shape index (κ1) is 12.0. The molecule has 0 saturated heterocycles. The predicted octanol–water partition coefficient (Wildman–Crippen LogP) is 0.834. The third-order valence-corrected chi connectivity index (χ3v) is 2.25. The van der Waals surface area contributed by atoms with E-state index >= 15 is 0 Å². The van der Waals surface area contributed by atoms with Crippen molar-refractivity contribution in [2.24, 2.45) is 5.73 Å². The van der Waals surface area contributed by atoms with Gasteiger partial charge in [-0.3, -0.25) is 0 Å². The van der Waals surface area contributed by atoms with Crippen molar-refractivity contribution in [3.05, 3.63) is 29.3 Å². The van der Waals surface area contributed by atoms with Crippen LogP contribution in [0, 0.1) is 0 Å². The first-order chi connectivity index (χ1) is 7.22. The van der Waals surface area contributed by atoms with Crippen LogP contribution in [0.25, 0.3) is 0 Å². The van der Waals surface area contributed by atoms with Crippen LogP contribution in [0.3, 0.4) is 0 Å². The second-order valence-electron chi connectivity index (χ2n) is 3.29. The lowest BCUT2D eigenvalue weighted by Gasteiger charge is -2.15. The van der Waals surface area contributed by atoms with Crippen LogP contribution in [0.5, 0.6) is 5.75 Å². The molecular weight excluding hydrogens is 194 g/mol. The summed E-state index contributed by atoms with van der Waals surface area (Å²) in [4.78, 5) is 0. The van der Waals surface area contributed by atoms with Crippen LogP contribution in [0.1, 0.15) is 17.2 Å². The monoisotopic (exact) mass is 211 g/mol. The van der Waals surface area contributed by atoms with Crippen LogP contribution >= 0.6 is 0 Å². The van der Waals surface area contributed by atoms with Gasteiger partial charge < -0.3 is 20.3 Å². The lowest BCUT2D eigenvalue weighted by Crippen LogP contribution is -2.16. The third-order valence-electron chi connectivity index (χ3n) is 2.25. The van der Waals surface area contributed by atoms with Gasteiger partial charge in [0.1, 0.15) is 5.75 Å².